The predicted octanol–water partition coefficient (Wildman–Crippen LogP) is 17.9. The van der Waals surface area contributed by atoms with Crippen LogP contribution in [0.5, 0.6) is 0 Å². The number of ether oxygens (including phenoxy) is 1. The van der Waals surface area contributed by atoms with Crippen LogP contribution in [0.4, 0.5) is 0 Å². The molecule has 0 bridgehead atoms. The van der Waals surface area contributed by atoms with Gasteiger partial charge in [-0.2, -0.15) is 0 Å². The number of unbranched alkanes of at least 4 members (excludes halogenated alkanes) is 40. The summed E-state index contributed by atoms with van der Waals surface area (Å²) in [4.78, 5) is 24.5. The Kier molecular flexibility index (Phi) is 53.5. The molecule has 0 aromatic rings. The molecule has 0 aliphatic heterocycles. The van der Waals surface area contributed by atoms with Crippen molar-refractivity contribution in [3.63, 3.8) is 0 Å². The van der Waals surface area contributed by atoms with Crippen molar-refractivity contribution in [2.24, 2.45) is 0 Å². The minimum atomic E-state index is -0.670. The van der Waals surface area contributed by atoms with Gasteiger partial charge in [0.2, 0.25) is 5.91 Å². The van der Waals surface area contributed by atoms with Gasteiger partial charge in [0.1, 0.15) is 0 Å². The molecule has 2 atom stereocenters. The summed E-state index contributed by atoms with van der Waals surface area (Å²) in [7, 11) is 0. The maximum Gasteiger partial charge on any atom is 0.305 e. The molecule has 6 nitrogen and oxygen atoms in total. The van der Waals surface area contributed by atoms with Gasteiger partial charge in [0.05, 0.1) is 25.4 Å². The van der Waals surface area contributed by atoms with Crippen LogP contribution >= 0.6 is 0 Å². The zero-order chi connectivity index (χ0) is 47.2. The quantitative estimate of drug-likeness (QED) is 0.0321. The minimum Gasteiger partial charge on any atom is -0.466 e. The summed E-state index contributed by atoms with van der Waals surface area (Å²) in [5.74, 6) is -0.0542. The van der Waals surface area contributed by atoms with Crippen molar-refractivity contribution in [2.45, 2.75) is 328 Å². The number of aliphatic hydroxyl groups is 2. The molecular weight excluding hydrogens is 803 g/mol. The van der Waals surface area contributed by atoms with Crippen LogP contribution in [0.3, 0.4) is 0 Å². The van der Waals surface area contributed by atoms with E-state index in [0.29, 0.717) is 25.9 Å². The highest BCUT2D eigenvalue weighted by molar-refractivity contribution is 5.76. The Bertz CT molecular complexity index is 1010. The molecule has 1 amide bonds. The van der Waals surface area contributed by atoms with Crippen LogP contribution in [0, 0.1) is 0 Å². The minimum absolute atomic E-state index is 0.0108. The molecule has 0 heterocycles. The van der Waals surface area contributed by atoms with Crippen molar-refractivity contribution < 1.29 is 24.5 Å². The SMILES string of the molecule is CCCCCCCCCCCCCCCCCC(O)C(CO)NC(=O)CCCCCCCCCCCC/C=C\C=C/CCCCCOC(=O)CCCCCCCCCCCCCCCC. The third-order valence-corrected chi connectivity index (χ3v) is 13.5. The number of aliphatic hydroxyl groups excluding tert-OH is 2. The molecule has 3 N–H and O–H groups in total. The fourth-order valence-corrected chi connectivity index (χ4v) is 9.04. The summed E-state index contributed by atoms with van der Waals surface area (Å²) < 4.78 is 5.45. The maximum absolute atomic E-state index is 12.5. The number of amides is 1. The highest BCUT2D eigenvalue weighted by Gasteiger charge is 2.20. The predicted molar refractivity (Wildman–Crippen MR) is 283 cm³/mol. The number of hydrogen-bond acceptors (Lipinski definition) is 5. The third kappa shape index (κ3) is 51.6. The van der Waals surface area contributed by atoms with E-state index in [2.05, 4.69) is 43.5 Å². The number of carbonyl (C=O) groups excluding carboxylic acids is 2. The highest BCUT2D eigenvalue weighted by Crippen LogP contribution is 2.17. The second kappa shape index (κ2) is 54.9. The lowest BCUT2D eigenvalue weighted by molar-refractivity contribution is -0.143. The molecule has 0 aliphatic rings. The smallest absolute Gasteiger partial charge is 0.305 e. The van der Waals surface area contributed by atoms with Crippen LogP contribution in [0.25, 0.3) is 0 Å². The molecular formula is C59H113NO5. The lowest BCUT2D eigenvalue weighted by atomic mass is 10.0. The molecule has 0 saturated heterocycles. The maximum atomic E-state index is 12.5. The Balaban J connectivity index is 3.47. The number of allylic oxidation sites excluding steroid dienone is 4. The van der Waals surface area contributed by atoms with Crippen LogP contribution in [-0.2, 0) is 14.3 Å². The second-order valence-electron chi connectivity index (χ2n) is 20.0. The van der Waals surface area contributed by atoms with Crippen LogP contribution in [0.2, 0.25) is 0 Å². The molecule has 0 fully saturated rings. The van der Waals surface area contributed by atoms with Gasteiger partial charge in [-0.3, -0.25) is 9.59 Å². The molecule has 0 spiro atoms. The lowest BCUT2D eigenvalue weighted by Gasteiger charge is -2.22. The lowest BCUT2D eigenvalue weighted by Crippen LogP contribution is -2.45. The molecule has 2 unspecified atom stereocenters. The normalized spacial score (nSPS) is 12.7. The van der Waals surface area contributed by atoms with E-state index >= 15 is 0 Å². The number of nitrogens with one attached hydrogen (secondary N) is 1. The van der Waals surface area contributed by atoms with Gasteiger partial charge in [0, 0.05) is 12.8 Å². The summed E-state index contributed by atoms with van der Waals surface area (Å²) in [6, 6.07) is -0.548. The van der Waals surface area contributed by atoms with E-state index in [-0.39, 0.29) is 18.5 Å². The first kappa shape index (κ1) is 63.3. The van der Waals surface area contributed by atoms with Crippen molar-refractivity contribution in [3.05, 3.63) is 24.3 Å². The Labute approximate surface area is 405 Å². The van der Waals surface area contributed by atoms with E-state index < -0.39 is 12.1 Å². The van der Waals surface area contributed by atoms with E-state index in [1.807, 2.05) is 0 Å². The van der Waals surface area contributed by atoms with Gasteiger partial charge in [-0.25, -0.2) is 0 Å². The summed E-state index contributed by atoms with van der Waals surface area (Å²) in [6.45, 7) is 4.93. The van der Waals surface area contributed by atoms with Crippen molar-refractivity contribution >= 4 is 11.9 Å². The van der Waals surface area contributed by atoms with Gasteiger partial charge in [-0.15, -0.1) is 0 Å². The zero-order valence-corrected chi connectivity index (χ0v) is 43.7. The van der Waals surface area contributed by atoms with E-state index in [1.165, 1.54) is 212 Å². The van der Waals surface area contributed by atoms with Gasteiger partial charge >= 0.3 is 5.97 Å². The number of hydrogen-bond donors (Lipinski definition) is 3. The molecule has 6 heteroatoms. The largest absolute Gasteiger partial charge is 0.466 e. The topological polar surface area (TPSA) is 95.9 Å². The first-order chi connectivity index (χ1) is 32.0. The molecule has 384 valence electrons. The van der Waals surface area contributed by atoms with Gasteiger partial charge in [-0.05, 0) is 57.8 Å². The Morgan fingerprint density at radius 3 is 1.14 bits per heavy atom. The van der Waals surface area contributed by atoms with Crippen LogP contribution in [-0.4, -0.2) is 47.4 Å². The highest BCUT2D eigenvalue weighted by atomic mass is 16.5. The van der Waals surface area contributed by atoms with Crippen molar-refractivity contribution in [3.8, 4) is 0 Å². The molecule has 0 aliphatic carbocycles. The average Bonchev–Trinajstić information content (AvgIpc) is 3.31. The van der Waals surface area contributed by atoms with Gasteiger partial charge in [-0.1, -0.05) is 269 Å². The standard InChI is InChI=1S/C59H113NO5/c1-3-5-7-9-11-13-15-17-24-27-31-35-39-43-47-51-57(62)56(55-61)60-58(63)52-48-44-40-36-32-28-25-22-20-19-21-23-26-30-34-38-42-46-50-54-65-59(64)53-49-45-41-37-33-29-18-16-14-12-10-8-6-4-2/h23,26,30,34,56-57,61-62H,3-22,24-25,27-29,31-33,35-55H2,1-2H3,(H,60,63)/b26-23-,34-30-. The van der Waals surface area contributed by atoms with E-state index in [0.717, 1.165) is 70.6 Å². The summed E-state index contributed by atoms with van der Waals surface area (Å²) in [5, 5.41) is 23.3. The zero-order valence-electron chi connectivity index (χ0n) is 43.7. The Morgan fingerprint density at radius 1 is 0.431 bits per heavy atom. The molecule has 0 saturated carbocycles. The average molecular weight is 917 g/mol. The van der Waals surface area contributed by atoms with Crippen molar-refractivity contribution in [2.75, 3.05) is 13.2 Å². The fraction of sp³-hybridized carbons (Fsp3) is 0.898. The van der Waals surface area contributed by atoms with Gasteiger partial charge < -0.3 is 20.3 Å². The van der Waals surface area contributed by atoms with Crippen molar-refractivity contribution in [1.82, 2.24) is 5.32 Å². The number of carbonyl (C=O) groups is 2. The van der Waals surface area contributed by atoms with E-state index in [4.69, 9.17) is 4.74 Å². The van der Waals surface area contributed by atoms with Crippen LogP contribution in [0.15, 0.2) is 24.3 Å². The van der Waals surface area contributed by atoms with E-state index in [1.54, 1.807) is 0 Å². The number of rotatable bonds is 54. The monoisotopic (exact) mass is 916 g/mol. The molecule has 0 radical (unpaired) electrons. The first-order valence-electron chi connectivity index (χ1n) is 29.1. The van der Waals surface area contributed by atoms with Crippen LogP contribution in [0.1, 0.15) is 316 Å². The fourth-order valence-electron chi connectivity index (χ4n) is 9.04. The van der Waals surface area contributed by atoms with Crippen LogP contribution < -0.4 is 5.32 Å². The van der Waals surface area contributed by atoms with Gasteiger partial charge in [0.25, 0.3) is 0 Å². The molecule has 0 aromatic carbocycles. The second-order valence-corrected chi connectivity index (χ2v) is 20.0. The Hall–Kier alpha value is -1.66. The Morgan fingerprint density at radius 2 is 0.754 bits per heavy atom. The van der Waals surface area contributed by atoms with E-state index in [9.17, 15) is 19.8 Å². The summed E-state index contributed by atoms with van der Waals surface area (Å²) in [5.41, 5.74) is 0. The first-order valence-corrected chi connectivity index (χ1v) is 29.1. The molecule has 65 heavy (non-hydrogen) atoms. The molecule has 0 rings (SSSR count). The van der Waals surface area contributed by atoms with Gasteiger partial charge in [0.15, 0.2) is 0 Å². The van der Waals surface area contributed by atoms with Crippen molar-refractivity contribution in [1.29, 1.82) is 0 Å². The molecule has 0 aromatic heterocycles. The summed E-state index contributed by atoms with van der Waals surface area (Å²) >= 11 is 0. The number of esters is 1. The third-order valence-electron chi connectivity index (χ3n) is 13.5. The summed E-state index contributed by atoms with van der Waals surface area (Å²) in [6.07, 6.45) is 66.0.